The van der Waals surface area contributed by atoms with Crippen LogP contribution in [0.5, 0.6) is 0 Å². The highest BCUT2D eigenvalue weighted by Gasteiger charge is 2.28. The summed E-state index contributed by atoms with van der Waals surface area (Å²) in [6.07, 6.45) is 3.72. The Labute approximate surface area is 173 Å². The van der Waals surface area contributed by atoms with Crippen LogP contribution in [-0.4, -0.2) is 33.8 Å². The number of hydrogen-bond donors (Lipinski definition) is 1. The molecule has 7 heteroatoms. The van der Waals surface area contributed by atoms with Crippen LogP contribution in [0.1, 0.15) is 24.1 Å². The summed E-state index contributed by atoms with van der Waals surface area (Å²) in [5, 5.41) is 8.75. The van der Waals surface area contributed by atoms with E-state index >= 15 is 0 Å². The number of pyridine rings is 1. The Morgan fingerprint density at radius 3 is 2.86 bits per heavy atom. The maximum Gasteiger partial charge on any atom is 0.225 e. The van der Waals surface area contributed by atoms with Crippen molar-refractivity contribution in [1.82, 2.24) is 20.1 Å². The summed E-state index contributed by atoms with van der Waals surface area (Å²) in [7, 11) is 1.95. The zero-order chi connectivity index (χ0) is 19.7. The lowest BCUT2D eigenvalue weighted by Gasteiger charge is -2.33. The summed E-state index contributed by atoms with van der Waals surface area (Å²) in [6, 6.07) is 10.0. The number of aryl methyl sites for hydroxylation is 2. The van der Waals surface area contributed by atoms with Crippen molar-refractivity contribution in [2.45, 2.75) is 26.3 Å². The van der Waals surface area contributed by atoms with Gasteiger partial charge >= 0.3 is 0 Å². The average molecular weight is 442 g/mol. The minimum atomic E-state index is -0.0319. The minimum Gasteiger partial charge on any atom is -0.354 e. The van der Waals surface area contributed by atoms with Crippen molar-refractivity contribution in [3.8, 4) is 0 Å². The predicted molar refractivity (Wildman–Crippen MR) is 114 cm³/mol. The van der Waals surface area contributed by atoms with Gasteiger partial charge in [0.1, 0.15) is 5.52 Å². The first kappa shape index (κ1) is 18.9. The van der Waals surface area contributed by atoms with E-state index in [4.69, 9.17) is 0 Å². The molecule has 1 aliphatic rings. The topological polar surface area (TPSA) is 63.1 Å². The Kier molecular flexibility index (Phi) is 5.35. The number of rotatable bonds is 4. The predicted octanol–water partition coefficient (Wildman–Crippen LogP) is 3.57. The quantitative estimate of drug-likeness (QED) is 0.671. The molecule has 0 aliphatic carbocycles. The average Bonchev–Trinajstić information content (AvgIpc) is 3.01. The fourth-order valence-corrected chi connectivity index (χ4v) is 4.20. The molecule has 1 atom stereocenters. The molecule has 1 aliphatic heterocycles. The largest absolute Gasteiger partial charge is 0.354 e. The number of piperidine rings is 1. The summed E-state index contributed by atoms with van der Waals surface area (Å²) in [5.74, 6) is 1.00. The van der Waals surface area contributed by atoms with Crippen LogP contribution in [0.4, 0.5) is 5.82 Å². The number of halogens is 1. The summed E-state index contributed by atoms with van der Waals surface area (Å²) in [5.41, 5.74) is 3.14. The van der Waals surface area contributed by atoms with Gasteiger partial charge < -0.3 is 10.2 Å². The maximum absolute atomic E-state index is 12.8. The zero-order valence-corrected chi connectivity index (χ0v) is 17.7. The van der Waals surface area contributed by atoms with Gasteiger partial charge in [0.25, 0.3) is 0 Å². The number of benzene rings is 1. The maximum atomic E-state index is 12.8. The molecule has 3 heterocycles. The van der Waals surface area contributed by atoms with Crippen LogP contribution in [0.25, 0.3) is 10.9 Å². The van der Waals surface area contributed by atoms with Crippen molar-refractivity contribution in [1.29, 1.82) is 0 Å². The van der Waals surface area contributed by atoms with E-state index in [0.29, 0.717) is 13.1 Å². The molecule has 2 aromatic heterocycles. The van der Waals surface area contributed by atoms with Gasteiger partial charge in [-0.15, -0.1) is 0 Å². The highest BCUT2D eigenvalue weighted by atomic mass is 79.9. The van der Waals surface area contributed by atoms with Crippen LogP contribution in [0.2, 0.25) is 0 Å². The monoisotopic (exact) mass is 441 g/mol. The lowest BCUT2D eigenvalue weighted by molar-refractivity contribution is -0.125. The number of nitrogens with zero attached hydrogens (tertiary/aromatic N) is 4. The smallest absolute Gasteiger partial charge is 0.225 e. The number of nitrogens with one attached hydrogen (secondary N) is 1. The Balaban J connectivity index is 1.47. The second kappa shape index (κ2) is 7.91. The Morgan fingerprint density at radius 1 is 1.29 bits per heavy atom. The molecule has 4 rings (SSSR count). The van der Waals surface area contributed by atoms with Crippen molar-refractivity contribution in [2.75, 3.05) is 18.0 Å². The Bertz CT molecular complexity index is 998. The van der Waals surface area contributed by atoms with Crippen LogP contribution in [0, 0.1) is 12.8 Å². The van der Waals surface area contributed by atoms with E-state index in [1.165, 1.54) is 0 Å². The number of carbonyl (C=O) groups is 1. The standard InChI is InChI=1S/C21H24BrN5O/c1-14-18-9-10-23-20(19(18)26(2)25-14)27-11-3-4-16(13-27)21(28)24-12-15-5-7-17(22)8-6-15/h5-10,16H,3-4,11-13H2,1-2H3,(H,24,28)/t16-/m0/s1. The van der Waals surface area contributed by atoms with Crippen LogP contribution in [0.3, 0.4) is 0 Å². The van der Waals surface area contributed by atoms with E-state index in [9.17, 15) is 4.79 Å². The van der Waals surface area contributed by atoms with Crippen molar-refractivity contribution >= 4 is 38.6 Å². The van der Waals surface area contributed by atoms with Gasteiger partial charge in [-0.25, -0.2) is 4.98 Å². The van der Waals surface area contributed by atoms with E-state index in [0.717, 1.165) is 51.8 Å². The molecule has 0 radical (unpaired) electrons. The van der Waals surface area contributed by atoms with Gasteiger partial charge in [-0.2, -0.15) is 5.10 Å². The SMILES string of the molecule is Cc1nn(C)c2c(N3CCC[C@H](C(=O)NCc4ccc(Br)cc4)C3)nccc12. The molecule has 146 valence electrons. The first-order chi connectivity index (χ1) is 13.5. The third-order valence-corrected chi connectivity index (χ3v) is 5.92. The first-order valence-electron chi connectivity index (χ1n) is 9.58. The summed E-state index contributed by atoms with van der Waals surface area (Å²) < 4.78 is 2.93. The van der Waals surface area contributed by atoms with E-state index in [1.807, 2.05) is 55.2 Å². The number of aromatic nitrogens is 3. The molecule has 0 bridgehead atoms. The molecule has 6 nitrogen and oxygen atoms in total. The summed E-state index contributed by atoms with van der Waals surface area (Å²) in [6.45, 7) is 4.16. The zero-order valence-electron chi connectivity index (χ0n) is 16.2. The van der Waals surface area contributed by atoms with Gasteiger partial charge in [0.2, 0.25) is 5.91 Å². The van der Waals surface area contributed by atoms with E-state index in [-0.39, 0.29) is 11.8 Å². The molecule has 0 spiro atoms. The summed E-state index contributed by atoms with van der Waals surface area (Å²) >= 11 is 3.44. The van der Waals surface area contributed by atoms with Crippen LogP contribution < -0.4 is 10.2 Å². The highest BCUT2D eigenvalue weighted by molar-refractivity contribution is 9.10. The number of anilines is 1. The van der Waals surface area contributed by atoms with Crippen LogP contribution >= 0.6 is 15.9 Å². The van der Waals surface area contributed by atoms with Gasteiger partial charge in [0.05, 0.1) is 11.6 Å². The third-order valence-electron chi connectivity index (χ3n) is 5.39. The van der Waals surface area contributed by atoms with Gasteiger partial charge in [-0.05, 0) is 43.5 Å². The molecule has 1 amide bonds. The highest BCUT2D eigenvalue weighted by Crippen LogP contribution is 2.29. The molecule has 1 N–H and O–H groups in total. The minimum absolute atomic E-state index is 0.0319. The molecule has 1 saturated heterocycles. The number of fused-ring (bicyclic) bond motifs is 1. The van der Waals surface area contributed by atoms with E-state index in [1.54, 1.807) is 0 Å². The molecule has 3 aromatic rings. The van der Waals surface area contributed by atoms with Gasteiger partial charge in [-0.3, -0.25) is 9.48 Å². The Morgan fingerprint density at radius 2 is 2.07 bits per heavy atom. The van der Waals surface area contributed by atoms with Crippen LogP contribution in [0.15, 0.2) is 41.0 Å². The van der Waals surface area contributed by atoms with E-state index < -0.39 is 0 Å². The second-order valence-electron chi connectivity index (χ2n) is 7.37. The number of hydrogen-bond acceptors (Lipinski definition) is 4. The first-order valence-corrected chi connectivity index (χ1v) is 10.4. The lowest BCUT2D eigenvalue weighted by Crippen LogP contribution is -2.43. The molecular formula is C21H24BrN5O. The van der Waals surface area contributed by atoms with Crippen molar-refractivity contribution in [3.05, 3.63) is 52.3 Å². The Hall–Kier alpha value is -2.41. The molecule has 1 aromatic carbocycles. The van der Waals surface area contributed by atoms with Crippen molar-refractivity contribution < 1.29 is 4.79 Å². The van der Waals surface area contributed by atoms with Gasteiger partial charge in [0.15, 0.2) is 5.82 Å². The third kappa shape index (κ3) is 3.76. The molecule has 28 heavy (non-hydrogen) atoms. The van der Waals surface area contributed by atoms with Crippen LogP contribution in [-0.2, 0) is 18.4 Å². The molecule has 0 saturated carbocycles. The van der Waals surface area contributed by atoms with Crippen molar-refractivity contribution in [3.63, 3.8) is 0 Å². The fourth-order valence-electron chi connectivity index (χ4n) is 3.93. The van der Waals surface area contributed by atoms with Crippen molar-refractivity contribution in [2.24, 2.45) is 13.0 Å². The molecule has 1 fully saturated rings. The normalized spacial score (nSPS) is 17.1. The second-order valence-corrected chi connectivity index (χ2v) is 8.28. The van der Waals surface area contributed by atoms with E-state index in [2.05, 4.69) is 36.2 Å². The number of amides is 1. The lowest BCUT2D eigenvalue weighted by atomic mass is 9.97. The fraction of sp³-hybridized carbons (Fsp3) is 0.381. The van der Waals surface area contributed by atoms with Gasteiger partial charge in [-0.1, -0.05) is 28.1 Å². The van der Waals surface area contributed by atoms with Gasteiger partial charge in [0, 0.05) is 42.7 Å². The summed E-state index contributed by atoms with van der Waals surface area (Å²) in [4.78, 5) is 19.6. The molecule has 0 unspecified atom stereocenters. The number of carbonyl (C=O) groups excluding carboxylic acids is 1. The molecular weight excluding hydrogens is 418 g/mol.